The molecule has 0 unspecified atom stereocenters. The molecular weight excluding hydrogens is 432 g/mol. The Morgan fingerprint density at radius 2 is 1.78 bits per heavy atom. The minimum absolute atomic E-state index is 0.0590. The number of hydrogen-bond acceptors (Lipinski definition) is 6. The Kier molecular flexibility index (Phi) is 6.40. The molecule has 1 saturated heterocycles. The maximum atomic E-state index is 12.9. The zero-order valence-corrected chi connectivity index (χ0v) is 18.5. The first-order valence-electron chi connectivity index (χ1n) is 10.3. The predicted molar refractivity (Wildman–Crippen MR) is 121 cm³/mol. The van der Waals surface area contributed by atoms with Gasteiger partial charge in [0.15, 0.2) is 11.0 Å². The SMILES string of the molecule is Cc1c(-c2ccccc2)oc2c(C(=O)NCCS(=O)(=O)N3CCOCC3)cccc2c1=O. The summed E-state index contributed by atoms with van der Waals surface area (Å²) in [7, 11) is -3.49. The number of benzene rings is 2. The molecule has 0 spiro atoms. The van der Waals surface area contributed by atoms with Gasteiger partial charge in [-0.25, -0.2) is 8.42 Å². The maximum absolute atomic E-state index is 12.9. The summed E-state index contributed by atoms with van der Waals surface area (Å²) in [6.45, 7) is 2.99. The molecular formula is C23H24N2O6S. The Morgan fingerprint density at radius 1 is 1.06 bits per heavy atom. The van der Waals surface area contributed by atoms with Crippen molar-refractivity contribution in [2.45, 2.75) is 6.92 Å². The fourth-order valence-electron chi connectivity index (χ4n) is 3.70. The molecule has 1 fully saturated rings. The number of rotatable bonds is 6. The van der Waals surface area contributed by atoms with E-state index in [1.54, 1.807) is 25.1 Å². The minimum Gasteiger partial charge on any atom is -0.455 e. The molecule has 2 aromatic carbocycles. The summed E-state index contributed by atoms with van der Waals surface area (Å²) in [4.78, 5) is 25.8. The van der Waals surface area contributed by atoms with Crippen LogP contribution in [0.5, 0.6) is 0 Å². The number of amides is 1. The van der Waals surface area contributed by atoms with Crippen LogP contribution >= 0.6 is 0 Å². The van der Waals surface area contributed by atoms with E-state index in [-0.39, 0.29) is 28.9 Å². The van der Waals surface area contributed by atoms with Gasteiger partial charge in [0.05, 0.1) is 29.9 Å². The van der Waals surface area contributed by atoms with Crippen molar-refractivity contribution in [3.05, 3.63) is 69.9 Å². The van der Waals surface area contributed by atoms with Gasteiger partial charge in [-0.15, -0.1) is 0 Å². The maximum Gasteiger partial charge on any atom is 0.255 e. The Balaban J connectivity index is 1.59. The van der Waals surface area contributed by atoms with Crippen LogP contribution in [-0.2, 0) is 14.8 Å². The number of fused-ring (bicyclic) bond motifs is 1. The van der Waals surface area contributed by atoms with E-state index in [0.717, 1.165) is 5.56 Å². The van der Waals surface area contributed by atoms with Gasteiger partial charge in [0.2, 0.25) is 10.0 Å². The van der Waals surface area contributed by atoms with E-state index in [0.29, 0.717) is 43.0 Å². The van der Waals surface area contributed by atoms with Crippen molar-refractivity contribution in [3.63, 3.8) is 0 Å². The molecule has 1 aliphatic rings. The summed E-state index contributed by atoms with van der Waals surface area (Å²) < 4.78 is 37.5. The Morgan fingerprint density at radius 3 is 2.50 bits per heavy atom. The van der Waals surface area contributed by atoms with Crippen molar-refractivity contribution in [3.8, 4) is 11.3 Å². The molecule has 9 heteroatoms. The van der Waals surface area contributed by atoms with Gasteiger partial charge in [-0.3, -0.25) is 9.59 Å². The van der Waals surface area contributed by atoms with Crippen molar-refractivity contribution >= 4 is 26.9 Å². The number of morpholine rings is 1. The van der Waals surface area contributed by atoms with Gasteiger partial charge in [-0.2, -0.15) is 4.31 Å². The fourth-order valence-corrected chi connectivity index (χ4v) is 5.02. The Labute approximate surface area is 185 Å². The molecule has 0 atom stereocenters. The predicted octanol–water partition coefficient (Wildman–Crippen LogP) is 2.16. The lowest BCUT2D eigenvalue weighted by molar-refractivity contribution is 0.0730. The molecule has 168 valence electrons. The second kappa shape index (κ2) is 9.23. The highest BCUT2D eigenvalue weighted by Gasteiger charge is 2.24. The summed E-state index contributed by atoms with van der Waals surface area (Å²) in [6.07, 6.45) is 0. The van der Waals surface area contributed by atoms with Crippen molar-refractivity contribution < 1.29 is 22.4 Å². The first-order chi connectivity index (χ1) is 15.4. The van der Waals surface area contributed by atoms with Crippen LogP contribution in [0.2, 0.25) is 0 Å². The molecule has 8 nitrogen and oxygen atoms in total. The molecule has 0 bridgehead atoms. The van der Waals surface area contributed by atoms with Gasteiger partial charge in [0.25, 0.3) is 5.91 Å². The van der Waals surface area contributed by atoms with Gasteiger partial charge >= 0.3 is 0 Å². The van der Waals surface area contributed by atoms with Crippen molar-refractivity contribution in [1.82, 2.24) is 9.62 Å². The second-order valence-electron chi connectivity index (χ2n) is 7.52. The van der Waals surface area contributed by atoms with Crippen LogP contribution in [0.3, 0.4) is 0 Å². The monoisotopic (exact) mass is 456 g/mol. The molecule has 4 rings (SSSR count). The first kappa shape index (κ1) is 22.2. The van der Waals surface area contributed by atoms with Crippen LogP contribution in [0.1, 0.15) is 15.9 Å². The van der Waals surface area contributed by atoms with Gasteiger partial charge in [-0.1, -0.05) is 36.4 Å². The van der Waals surface area contributed by atoms with Crippen LogP contribution in [0, 0.1) is 6.92 Å². The van der Waals surface area contributed by atoms with Crippen molar-refractivity contribution in [2.24, 2.45) is 0 Å². The summed E-state index contributed by atoms with van der Waals surface area (Å²) >= 11 is 0. The van der Waals surface area contributed by atoms with E-state index >= 15 is 0 Å². The van der Waals surface area contributed by atoms with Crippen LogP contribution in [-0.4, -0.2) is 57.2 Å². The highest BCUT2D eigenvalue weighted by Crippen LogP contribution is 2.27. The lowest BCUT2D eigenvalue weighted by Crippen LogP contribution is -2.43. The summed E-state index contributed by atoms with van der Waals surface area (Å²) in [6, 6.07) is 14.0. The number of carbonyl (C=O) groups excluding carboxylic acids is 1. The quantitative estimate of drug-likeness (QED) is 0.609. The van der Waals surface area contributed by atoms with Gasteiger partial charge in [-0.05, 0) is 19.1 Å². The molecule has 1 amide bonds. The first-order valence-corrected chi connectivity index (χ1v) is 11.9. The Bertz CT molecular complexity index is 1300. The molecule has 1 aromatic heterocycles. The third kappa shape index (κ3) is 4.45. The van der Waals surface area contributed by atoms with Gasteiger partial charge in [0.1, 0.15) is 5.76 Å². The second-order valence-corrected chi connectivity index (χ2v) is 9.61. The minimum atomic E-state index is -3.49. The Hall–Kier alpha value is -3.01. The molecule has 2 heterocycles. The van der Waals surface area contributed by atoms with Crippen LogP contribution in [0.15, 0.2) is 57.7 Å². The van der Waals surface area contributed by atoms with Gasteiger partial charge in [0, 0.05) is 30.8 Å². The van der Waals surface area contributed by atoms with E-state index in [2.05, 4.69) is 5.32 Å². The largest absolute Gasteiger partial charge is 0.455 e. The molecule has 0 radical (unpaired) electrons. The zero-order chi connectivity index (χ0) is 22.7. The average molecular weight is 457 g/mol. The molecule has 1 aliphatic heterocycles. The van der Waals surface area contributed by atoms with E-state index in [4.69, 9.17) is 9.15 Å². The lowest BCUT2D eigenvalue weighted by Gasteiger charge is -2.26. The molecule has 32 heavy (non-hydrogen) atoms. The molecule has 3 aromatic rings. The number of nitrogens with zero attached hydrogens (tertiary/aromatic N) is 1. The molecule has 0 aliphatic carbocycles. The zero-order valence-electron chi connectivity index (χ0n) is 17.7. The van der Waals surface area contributed by atoms with Crippen LogP contribution in [0.4, 0.5) is 0 Å². The number of carbonyl (C=O) groups is 1. The average Bonchev–Trinajstić information content (AvgIpc) is 2.82. The standard InChI is InChI=1S/C23H24N2O6S/c1-16-20(26)18-8-5-9-19(22(18)31-21(16)17-6-3-2-4-7-17)23(27)24-10-15-32(28,29)25-11-13-30-14-12-25/h2-9H,10-15H2,1H3,(H,24,27). The highest BCUT2D eigenvalue weighted by molar-refractivity contribution is 7.89. The van der Waals surface area contributed by atoms with Crippen molar-refractivity contribution in [1.29, 1.82) is 0 Å². The third-order valence-electron chi connectivity index (χ3n) is 5.43. The number of nitrogens with one attached hydrogen (secondary N) is 1. The fraction of sp³-hybridized carbons (Fsp3) is 0.304. The summed E-state index contributed by atoms with van der Waals surface area (Å²) in [5.74, 6) is -0.320. The highest BCUT2D eigenvalue weighted by atomic mass is 32.2. The van der Waals surface area contributed by atoms with E-state index in [1.165, 1.54) is 4.31 Å². The molecule has 0 saturated carbocycles. The number of ether oxygens (including phenoxy) is 1. The third-order valence-corrected chi connectivity index (χ3v) is 7.31. The van der Waals surface area contributed by atoms with Gasteiger partial charge < -0.3 is 14.5 Å². The normalized spacial score (nSPS) is 15.0. The van der Waals surface area contributed by atoms with E-state index in [1.807, 2.05) is 30.3 Å². The topological polar surface area (TPSA) is 106 Å². The summed E-state index contributed by atoms with van der Waals surface area (Å²) in [5.41, 5.74) is 1.33. The number of sulfonamides is 1. The molecule has 1 N–H and O–H groups in total. The van der Waals surface area contributed by atoms with Crippen molar-refractivity contribution in [2.75, 3.05) is 38.6 Å². The number of para-hydroxylation sites is 1. The summed E-state index contributed by atoms with van der Waals surface area (Å²) in [5, 5.41) is 2.94. The van der Waals surface area contributed by atoms with E-state index in [9.17, 15) is 18.0 Å². The lowest BCUT2D eigenvalue weighted by atomic mass is 10.0. The smallest absolute Gasteiger partial charge is 0.255 e. The van der Waals surface area contributed by atoms with Crippen LogP contribution in [0.25, 0.3) is 22.3 Å². The van der Waals surface area contributed by atoms with Crippen LogP contribution < -0.4 is 10.7 Å². The van der Waals surface area contributed by atoms with E-state index < -0.39 is 15.9 Å². The number of hydrogen-bond donors (Lipinski definition) is 1.